The number of amides is 2. The molecule has 168 valence electrons. The van der Waals surface area contributed by atoms with Crippen LogP contribution in [-0.2, 0) is 16.1 Å². The molecule has 1 saturated carbocycles. The van der Waals surface area contributed by atoms with Crippen molar-refractivity contribution in [2.24, 2.45) is 5.92 Å². The first-order valence-corrected chi connectivity index (χ1v) is 10.9. The summed E-state index contributed by atoms with van der Waals surface area (Å²) in [5.41, 5.74) is -1.15. The topological polar surface area (TPSA) is 101 Å². The maximum Gasteiger partial charge on any atom is 0.408 e. The second kappa shape index (κ2) is 8.91. The normalized spacial score (nSPS) is 25.8. The van der Waals surface area contributed by atoms with E-state index < -0.39 is 17.2 Å². The number of carbonyl (C=O) groups excluding carboxylic acids is 2. The molecule has 1 aromatic heterocycles. The molecule has 1 N–H and O–H groups in total. The van der Waals surface area contributed by atoms with Gasteiger partial charge in [0.1, 0.15) is 5.60 Å². The van der Waals surface area contributed by atoms with Gasteiger partial charge in [0.15, 0.2) is 5.82 Å². The lowest BCUT2D eigenvalue weighted by molar-refractivity contribution is -0.141. The molecule has 2 heterocycles. The maximum atomic E-state index is 13.4. The Morgan fingerprint density at radius 1 is 1.23 bits per heavy atom. The zero-order chi connectivity index (χ0) is 21.9. The van der Waals surface area contributed by atoms with Crippen molar-refractivity contribution >= 4 is 12.0 Å². The van der Waals surface area contributed by atoms with E-state index in [0.717, 1.165) is 38.8 Å². The highest BCUT2D eigenvalue weighted by molar-refractivity contribution is 5.81. The van der Waals surface area contributed by atoms with Crippen LogP contribution in [0.2, 0.25) is 0 Å². The zero-order valence-corrected chi connectivity index (χ0v) is 18.9. The Hall–Kier alpha value is -2.16. The third-order valence-corrected chi connectivity index (χ3v) is 5.91. The summed E-state index contributed by atoms with van der Waals surface area (Å²) in [6.45, 7) is 12.7. The van der Waals surface area contributed by atoms with Crippen molar-refractivity contribution in [2.75, 3.05) is 26.2 Å². The fourth-order valence-electron chi connectivity index (χ4n) is 4.36. The highest BCUT2D eigenvalue weighted by Gasteiger charge is 2.44. The van der Waals surface area contributed by atoms with Crippen LogP contribution in [-0.4, -0.2) is 69.3 Å². The third kappa shape index (κ3) is 5.71. The SMILES string of the molecule is Cc1noc(CN2CCN(C(=O)C3CCCCC3(C)NC(=O)OC(C)(C)C)CC2)n1. The van der Waals surface area contributed by atoms with Gasteiger partial charge >= 0.3 is 6.09 Å². The Balaban J connectivity index is 1.58. The van der Waals surface area contributed by atoms with Gasteiger partial charge in [-0.2, -0.15) is 4.98 Å². The van der Waals surface area contributed by atoms with E-state index in [2.05, 4.69) is 20.4 Å². The molecule has 2 amide bonds. The first kappa shape index (κ1) is 22.5. The van der Waals surface area contributed by atoms with Crippen molar-refractivity contribution < 1.29 is 18.8 Å². The second-order valence-electron chi connectivity index (χ2n) is 9.68. The van der Waals surface area contributed by atoms with Crippen molar-refractivity contribution in [3.05, 3.63) is 11.7 Å². The van der Waals surface area contributed by atoms with Gasteiger partial charge in [0.25, 0.3) is 0 Å². The molecule has 2 aliphatic rings. The minimum Gasteiger partial charge on any atom is -0.444 e. The molecule has 9 nitrogen and oxygen atoms in total. The van der Waals surface area contributed by atoms with Crippen molar-refractivity contribution in [2.45, 2.75) is 78.0 Å². The minimum atomic E-state index is -0.587. The average Bonchev–Trinajstić information content (AvgIpc) is 3.05. The number of alkyl carbamates (subject to hydrolysis) is 1. The summed E-state index contributed by atoms with van der Waals surface area (Å²) < 4.78 is 10.6. The number of aryl methyl sites for hydroxylation is 1. The number of rotatable bonds is 4. The fraction of sp³-hybridized carbons (Fsp3) is 0.810. The zero-order valence-electron chi connectivity index (χ0n) is 18.9. The Kier molecular flexibility index (Phi) is 6.69. The van der Waals surface area contributed by atoms with Gasteiger partial charge in [-0.1, -0.05) is 18.0 Å². The number of piperazine rings is 1. The second-order valence-corrected chi connectivity index (χ2v) is 9.68. The molecular formula is C21H35N5O4. The summed E-state index contributed by atoms with van der Waals surface area (Å²) in [6.07, 6.45) is 3.10. The number of nitrogens with zero attached hydrogens (tertiary/aromatic N) is 4. The van der Waals surface area contributed by atoms with Crippen LogP contribution in [0.5, 0.6) is 0 Å². The van der Waals surface area contributed by atoms with Crippen LogP contribution < -0.4 is 5.32 Å². The Morgan fingerprint density at radius 3 is 2.53 bits per heavy atom. The molecule has 1 saturated heterocycles. The minimum absolute atomic E-state index is 0.126. The van der Waals surface area contributed by atoms with E-state index in [0.29, 0.717) is 31.3 Å². The summed E-state index contributed by atoms with van der Waals surface area (Å²) in [7, 11) is 0. The standard InChI is InChI=1S/C21H35N5O4/c1-15-22-17(30-24-15)14-25-10-12-26(13-11-25)18(27)16-8-6-7-9-21(16,5)23-19(28)29-20(2,3)4/h16H,6-14H2,1-5H3,(H,23,28). The van der Waals surface area contributed by atoms with Crippen LogP contribution in [0.25, 0.3) is 0 Å². The summed E-state index contributed by atoms with van der Waals surface area (Å²) in [6, 6.07) is 0. The molecule has 2 atom stereocenters. The van der Waals surface area contributed by atoms with E-state index in [4.69, 9.17) is 9.26 Å². The molecule has 1 aliphatic heterocycles. The number of aromatic nitrogens is 2. The molecule has 1 aliphatic carbocycles. The summed E-state index contributed by atoms with van der Waals surface area (Å²) in [5, 5.41) is 6.85. The van der Waals surface area contributed by atoms with E-state index in [1.165, 1.54) is 0 Å². The number of carbonyl (C=O) groups is 2. The lowest BCUT2D eigenvalue weighted by Crippen LogP contribution is -2.60. The summed E-state index contributed by atoms with van der Waals surface area (Å²) >= 11 is 0. The van der Waals surface area contributed by atoms with Gasteiger partial charge in [-0.3, -0.25) is 9.69 Å². The molecule has 30 heavy (non-hydrogen) atoms. The average molecular weight is 422 g/mol. The van der Waals surface area contributed by atoms with Crippen molar-refractivity contribution in [3.63, 3.8) is 0 Å². The lowest BCUT2D eigenvalue weighted by Gasteiger charge is -2.44. The third-order valence-electron chi connectivity index (χ3n) is 5.91. The van der Waals surface area contributed by atoms with Gasteiger partial charge in [-0.15, -0.1) is 0 Å². The smallest absolute Gasteiger partial charge is 0.408 e. The Labute approximate surface area is 178 Å². The van der Waals surface area contributed by atoms with Crippen molar-refractivity contribution in [1.82, 2.24) is 25.3 Å². The van der Waals surface area contributed by atoms with Gasteiger partial charge in [0, 0.05) is 26.2 Å². The highest BCUT2D eigenvalue weighted by atomic mass is 16.6. The maximum absolute atomic E-state index is 13.4. The van der Waals surface area contributed by atoms with Gasteiger partial charge in [-0.05, 0) is 47.5 Å². The monoisotopic (exact) mass is 421 g/mol. The Bertz CT molecular complexity index is 751. The number of ether oxygens (including phenoxy) is 1. The van der Waals surface area contributed by atoms with Crippen molar-refractivity contribution in [3.8, 4) is 0 Å². The largest absolute Gasteiger partial charge is 0.444 e. The molecule has 9 heteroatoms. The first-order valence-electron chi connectivity index (χ1n) is 10.9. The van der Waals surface area contributed by atoms with Crippen LogP contribution in [0, 0.1) is 12.8 Å². The fourth-order valence-corrected chi connectivity index (χ4v) is 4.36. The van der Waals surface area contributed by atoms with E-state index in [1.807, 2.05) is 32.6 Å². The first-order chi connectivity index (χ1) is 14.1. The van der Waals surface area contributed by atoms with Gasteiger partial charge in [0.2, 0.25) is 11.8 Å². The number of hydrogen-bond acceptors (Lipinski definition) is 7. The van der Waals surface area contributed by atoms with Gasteiger partial charge in [-0.25, -0.2) is 4.79 Å². The highest BCUT2D eigenvalue weighted by Crippen LogP contribution is 2.35. The van der Waals surface area contributed by atoms with E-state index >= 15 is 0 Å². The molecule has 0 spiro atoms. The summed E-state index contributed by atoms with van der Waals surface area (Å²) in [4.78, 5) is 34.2. The molecule has 0 bridgehead atoms. The molecular weight excluding hydrogens is 386 g/mol. The van der Waals surface area contributed by atoms with Crippen LogP contribution in [0.3, 0.4) is 0 Å². The van der Waals surface area contributed by atoms with Gasteiger partial charge in [0.05, 0.1) is 18.0 Å². The molecule has 2 unspecified atom stereocenters. The van der Waals surface area contributed by atoms with E-state index in [-0.39, 0.29) is 11.8 Å². The van der Waals surface area contributed by atoms with Crippen LogP contribution >= 0.6 is 0 Å². The molecule has 0 radical (unpaired) electrons. The van der Waals surface area contributed by atoms with E-state index in [9.17, 15) is 9.59 Å². The van der Waals surface area contributed by atoms with E-state index in [1.54, 1.807) is 6.92 Å². The van der Waals surface area contributed by atoms with Crippen LogP contribution in [0.15, 0.2) is 4.52 Å². The quantitative estimate of drug-likeness (QED) is 0.797. The number of nitrogens with one attached hydrogen (secondary N) is 1. The van der Waals surface area contributed by atoms with Crippen LogP contribution in [0.1, 0.15) is 65.1 Å². The molecule has 3 rings (SSSR count). The lowest BCUT2D eigenvalue weighted by atomic mass is 9.73. The summed E-state index contributed by atoms with van der Waals surface area (Å²) in [5.74, 6) is 1.13. The van der Waals surface area contributed by atoms with Crippen LogP contribution in [0.4, 0.5) is 4.79 Å². The predicted molar refractivity (Wildman–Crippen MR) is 111 cm³/mol. The Morgan fingerprint density at radius 2 is 1.93 bits per heavy atom. The number of hydrogen-bond donors (Lipinski definition) is 1. The molecule has 0 aromatic carbocycles. The predicted octanol–water partition coefficient (Wildman–Crippen LogP) is 2.50. The van der Waals surface area contributed by atoms with Gasteiger partial charge < -0.3 is 19.5 Å². The molecule has 1 aromatic rings. The van der Waals surface area contributed by atoms with Crippen molar-refractivity contribution in [1.29, 1.82) is 0 Å². The molecule has 2 fully saturated rings.